The van der Waals surface area contributed by atoms with E-state index in [1.54, 1.807) is 6.92 Å². The standard InChI is InChI=1S/C11H12O4/c1-6-4-9(7(2)12)10(13)5-8(6)11(14)15-3/h4-5,13H,1-3H3. The molecule has 0 fully saturated rings. The second-order valence-corrected chi connectivity index (χ2v) is 3.23. The van der Waals surface area contributed by atoms with E-state index >= 15 is 0 Å². The molecule has 1 rings (SSSR count). The Morgan fingerprint density at radius 2 is 1.87 bits per heavy atom. The Labute approximate surface area is 87.5 Å². The van der Waals surface area contributed by atoms with Gasteiger partial charge in [-0.1, -0.05) is 0 Å². The molecule has 0 unspecified atom stereocenters. The number of methoxy groups -OCH3 is 1. The van der Waals surface area contributed by atoms with Crippen LogP contribution in [-0.2, 0) is 4.74 Å². The topological polar surface area (TPSA) is 63.6 Å². The van der Waals surface area contributed by atoms with Crippen LogP contribution in [0.25, 0.3) is 0 Å². The maximum atomic E-state index is 11.2. The fourth-order valence-corrected chi connectivity index (χ4v) is 1.31. The van der Waals surface area contributed by atoms with Crippen LogP contribution in [0.2, 0.25) is 0 Å². The lowest BCUT2D eigenvalue weighted by Gasteiger charge is -2.07. The predicted octanol–water partition coefficient (Wildman–Crippen LogP) is 1.69. The summed E-state index contributed by atoms with van der Waals surface area (Å²) < 4.78 is 4.54. The fourth-order valence-electron chi connectivity index (χ4n) is 1.31. The number of hydrogen-bond acceptors (Lipinski definition) is 4. The molecule has 0 amide bonds. The van der Waals surface area contributed by atoms with Gasteiger partial charge in [-0.25, -0.2) is 4.79 Å². The van der Waals surface area contributed by atoms with Gasteiger partial charge in [-0.2, -0.15) is 0 Å². The zero-order valence-corrected chi connectivity index (χ0v) is 8.83. The summed E-state index contributed by atoms with van der Waals surface area (Å²) in [4.78, 5) is 22.3. The molecule has 0 spiro atoms. The monoisotopic (exact) mass is 208 g/mol. The van der Waals surface area contributed by atoms with E-state index < -0.39 is 5.97 Å². The van der Waals surface area contributed by atoms with Gasteiger partial charge in [0.25, 0.3) is 0 Å². The third-order valence-electron chi connectivity index (χ3n) is 2.13. The number of esters is 1. The largest absolute Gasteiger partial charge is 0.507 e. The average molecular weight is 208 g/mol. The number of aryl methyl sites for hydroxylation is 1. The molecule has 0 saturated heterocycles. The quantitative estimate of drug-likeness (QED) is 0.593. The Morgan fingerprint density at radius 3 is 2.33 bits per heavy atom. The summed E-state index contributed by atoms with van der Waals surface area (Å²) in [5.41, 5.74) is 1.07. The summed E-state index contributed by atoms with van der Waals surface area (Å²) in [5, 5.41) is 9.50. The van der Waals surface area contributed by atoms with Gasteiger partial charge in [-0.15, -0.1) is 0 Å². The van der Waals surface area contributed by atoms with Gasteiger partial charge >= 0.3 is 5.97 Å². The first-order valence-electron chi connectivity index (χ1n) is 4.40. The predicted molar refractivity (Wildman–Crippen MR) is 54.2 cm³/mol. The van der Waals surface area contributed by atoms with Crippen molar-refractivity contribution in [3.05, 3.63) is 28.8 Å². The van der Waals surface area contributed by atoms with Crippen molar-refractivity contribution in [2.75, 3.05) is 7.11 Å². The summed E-state index contributed by atoms with van der Waals surface area (Å²) in [6.07, 6.45) is 0. The van der Waals surface area contributed by atoms with Gasteiger partial charge in [0.2, 0.25) is 0 Å². The van der Waals surface area contributed by atoms with Crippen molar-refractivity contribution in [1.29, 1.82) is 0 Å². The molecular weight excluding hydrogens is 196 g/mol. The van der Waals surface area contributed by atoms with Crippen LogP contribution in [0, 0.1) is 6.92 Å². The van der Waals surface area contributed by atoms with Gasteiger partial charge in [0, 0.05) is 0 Å². The zero-order valence-electron chi connectivity index (χ0n) is 8.83. The first-order valence-corrected chi connectivity index (χ1v) is 4.40. The van der Waals surface area contributed by atoms with Crippen molar-refractivity contribution in [3.63, 3.8) is 0 Å². The van der Waals surface area contributed by atoms with Crippen LogP contribution in [0.15, 0.2) is 12.1 Å². The van der Waals surface area contributed by atoms with Gasteiger partial charge in [-0.05, 0) is 31.5 Å². The summed E-state index contributed by atoms with van der Waals surface area (Å²) in [5.74, 6) is -0.974. The molecule has 1 aromatic rings. The average Bonchev–Trinajstić information content (AvgIpc) is 2.19. The second kappa shape index (κ2) is 4.13. The molecule has 1 aromatic carbocycles. The second-order valence-electron chi connectivity index (χ2n) is 3.23. The number of aromatic hydroxyl groups is 1. The van der Waals surface area contributed by atoms with E-state index in [1.807, 2.05) is 0 Å². The number of benzene rings is 1. The third-order valence-corrected chi connectivity index (χ3v) is 2.13. The van der Waals surface area contributed by atoms with Crippen molar-refractivity contribution >= 4 is 11.8 Å². The number of carbonyl (C=O) groups excluding carboxylic acids is 2. The Hall–Kier alpha value is -1.84. The third kappa shape index (κ3) is 2.15. The number of carbonyl (C=O) groups is 2. The van der Waals surface area contributed by atoms with E-state index in [2.05, 4.69) is 4.74 Å². The summed E-state index contributed by atoms with van der Waals surface area (Å²) in [6, 6.07) is 2.72. The number of Topliss-reactive ketones (excluding diaryl/α,β-unsaturated/α-hetero) is 1. The van der Waals surface area contributed by atoms with E-state index in [-0.39, 0.29) is 22.7 Å². The summed E-state index contributed by atoms with van der Waals surface area (Å²) in [7, 11) is 1.26. The number of hydrogen-bond donors (Lipinski definition) is 1. The van der Waals surface area contributed by atoms with Crippen molar-refractivity contribution in [2.45, 2.75) is 13.8 Å². The van der Waals surface area contributed by atoms with Crippen LogP contribution in [0.5, 0.6) is 5.75 Å². The van der Waals surface area contributed by atoms with Crippen molar-refractivity contribution in [2.24, 2.45) is 0 Å². The van der Waals surface area contributed by atoms with Gasteiger partial charge in [0.05, 0.1) is 18.2 Å². The van der Waals surface area contributed by atoms with Crippen molar-refractivity contribution in [1.82, 2.24) is 0 Å². The van der Waals surface area contributed by atoms with Crippen LogP contribution >= 0.6 is 0 Å². The highest BCUT2D eigenvalue weighted by Gasteiger charge is 2.15. The lowest BCUT2D eigenvalue weighted by Crippen LogP contribution is -2.05. The van der Waals surface area contributed by atoms with E-state index in [4.69, 9.17) is 0 Å². The maximum Gasteiger partial charge on any atom is 0.338 e. The lowest BCUT2D eigenvalue weighted by atomic mass is 10.0. The van der Waals surface area contributed by atoms with E-state index in [0.29, 0.717) is 5.56 Å². The normalized spacial score (nSPS) is 9.80. The van der Waals surface area contributed by atoms with Gasteiger partial charge in [-0.3, -0.25) is 4.79 Å². The van der Waals surface area contributed by atoms with Crippen molar-refractivity contribution in [3.8, 4) is 5.75 Å². The smallest absolute Gasteiger partial charge is 0.338 e. The van der Waals surface area contributed by atoms with E-state index in [1.165, 1.54) is 26.2 Å². The van der Waals surface area contributed by atoms with Crippen LogP contribution < -0.4 is 0 Å². The molecule has 1 N–H and O–H groups in total. The van der Waals surface area contributed by atoms with Gasteiger partial charge < -0.3 is 9.84 Å². The number of phenolic OH excluding ortho intramolecular Hbond substituents is 1. The highest BCUT2D eigenvalue weighted by molar-refractivity contribution is 5.99. The highest BCUT2D eigenvalue weighted by atomic mass is 16.5. The van der Waals surface area contributed by atoms with Crippen LogP contribution in [0.4, 0.5) is 0 Å². The molecule has 0 radical (unpaired) electrons. The molecule has 0 aliphatic rings. The van der Waals surface area contributed by atoms with Gasteiger partial charge in [0.15, 0.2) is 5.78 Å². The molecule has 0 aliphatic carbocycles. The van der Waals surface area contributed by atoms with E-state index in [0.717, 1.165) is 0 Å². The maximum absolute atomic E-state index is 11.2. The molecule has 0 heterocycles. The van der Waals surface area contributed by atoms with Crippen molar-refractivity contribution < 1.29 is 19.4 Å². The SMILES string of the molecule is COC(=O)c1cc(O)c(C(C)=O)cc1C. The first-order chi connectivity index (χ1) is 6.97. The lowest BCUT2D eigenvalue weighted by molar-refractivity contribution is 0.0599. The molecule has 15 heavy (non-hydrogen) atoms. The summed E-state index contributed by atoms with van der Waals surface area (Å²) in [6.45, 7) is 3.03. The van der Waals surface area contributed by atoms with Crippen LogP contribution in [0.1, 0.15) is 33.2 Å². The molecule has 0 atom stereocenters. The van der Waals surface area contributed by atoms with Gasteiger partial charge in [0.1, 0.15) is 5.75 Å². The molecule has 4 nitrogen and oxygen atoms in total. The van der Waals surface area contributed by atoms with E-state index in [9.17, 15) is 14.7 Å². The molecular formula is C11H12O4. The fraction of sp³-hybridized carbons (Fsp3) is 0.273. The highest BCUT2D eigenvalue weighted by Crippen LogP contribution is 2.23. The number of ketones is 1. The summed E-state index contributed by atoms with van der Waals surface area (Å²) >= 11 is 0. The Bertz CT molecular complexity index is 421. The Kier molecular flexibility index (Phi) is 3.09. The Balaban J connectivity index is 3.31. The zero-order chi connectivity index (χ0) is 11.6. The minimum Gasteiger partial charge on any atom is -0.507 e. The van der Waals surface area contributed by atoms with Crippen LogP contribution in [0.3, 0.4) is 0 Å². The number of ether oxygens (including phenoxy) is 1. The molecule has 4 heteroatoms. The molecule has 80 valence electrons. The Morgan fingerprint density at radius 1 is 1.27 bits per heavy atom. The van der Waals surface area contributed by atoms with Crippen LogP contribution in [-0.4, -0.2) is 24.0 Å². The molecule has 0 bridgehead atoms. The molecule has 0 aromatic heterocycles. The molecule has 0 aliphatic heterocycles. The first kappa shape index (κ1) is 11.2. The number of phenols is 1. The minimum absolute atomic E-state index is 0.200. The number of rotatable bonds is 2. The minimum atomic E-state index is -0.530. The molecule has 0 saturated carbocycles.